The highest BCUT2D eigenvalue weighted by atomic mass is 15.0. The summed E-state index contributed by atoms with van der Waals surface area (Å²) in [6, 6.07) is 16.8. The highest BCUT2D eigenvalue weighted by molar-refractivity contribution is 5.92. The molecule has 0 fully saturated rings. The number of hydrogen-bond acceptors (Lipinski definition) is 2. The van der Waals surface area contributed by atoms with Crippen molar-refractivity contribution < 1.29 is 4.57 Å². The molecule has 0 amide bonds. The van der Waals surface area contributed by atoms with E-state index in [4.69, 9.17) is 11.5 Å². The van der Waals surface area contributed by atoms with Crippen LogP contribution in [-0.4, -0.2) is 6.04 Å². The third-order valence-electron chi connectivity index (χ3n) is 4.80. The number of rotatable bonds is 2. The van der Waals surface area contributed by atoms with Crippen molar-refractivity contribution in [3.63, 3.8) is 0 Å². The van der Waals surface area contributed by atoms with E-state index in [2.05, 4.69) is 66.1 Å². The largest absolute Gasteiger partial charge is 0.399 e. The van der Waals surface area contributed by atoms with Gasteiger partial charge in [0.05, 0.1) is 5.39 Å². The Hall–Kier alpha value is -2.65. The van der Waals surface area contributed by atoms with Crippen molar-refractivity contribution in [2.45, 2.75) is 25.9 Å². The van der Waals surface area contributed by atoms with Gasteiger partial charge in [-0.25, -0.2) is 0 Å². The van der Waals surface area contributed by atoms with E-state index in [0.717, 1.165) is 18.7 Å². The van der Waals surface area contributed by atoms with Gasteiger partial charge in [0.15, 0.2) is 0 Å². The van der Waals surface area contributed by atoms with Crippen LogP contribution in [0.3, 0.4) is 0 Å². The molecule has 4 N–H and O–H groups in total. The van der Waals surface area contributed by atoms with Gasteiger partial charge < -0.3 is 11.5 Å². The second-order valence-corrected chi connectivity index (χ2v) is 6.35. The third-order valence-corrected chi connectivity index (χ3v) is 4.80. The van der Waals surface area contributed by atoms with Gasteiger partial charge in [-0.3, -0.25) is 0 Å². The lowest BCUT2D eigenvalue weighted by Gasteiger charge is -2.20. The SMILES string of the molecule is CC[n+]1c(-c2ccccc2)c2c(c3ccc(N)cc31)C=CC(N)C2. The van der Waals surface area contributed by atoms with Crippen molar-refractivity contribution in [2.24, 2.45) is 5.73 Å². The summed E-state index contributed by atoms with van der Waals surface area (Å²) in [5.74, 6) is 0. The summed E-state index contributed by atoms with van der Waals surface area (Å²) in [7, 11) is 0. The van der Waals surface area contributed by atoms with Gasteiger partial charge in [0.2, 0.25) is 11.2 Å². The second kappa shape index (κ2) is 5.77. The average molecular weight is 316 g/mol. The summed E-state index contributed by atoms with van der Waals surface area (Å²) in [5.41, 5.74) is 19.4. The van der Waals surface area contributed by atoms with Crippen LogP contribution in [0, 0.1) is 0 Å². The molecule has 24 heavy (non-hydrogen) atoms. The zero-order valence-corrected chi connectivity index (χ0v) is 13.9. The molecule has 1 aromatic heterocycles. The van der Waals surface area contributed by atoms with Gasteiger partial charge in [-0.1, -0.05) is 30.4 Å². The normalized spacial score (nSPS) is 16.3. The van der Waals surface area contributed by atoms with Gasteiger partial charge in [0, 0.05) is 28.9 Å². The number of aromatic nitrogens is 1. The summed E-state index contributed by atoms with van der Waals surface area (Å²) in [6.07, 6.45) is 5.13. The quantitative estimate of drug-likeness (QED) is 0.563. The summed E-state index contributed by atoms with van der Waals surface area (Å²) in [5, 5.41) is 1.24. The smallest absolute Gasteiger partial charge is 0.216 e. The van der Waals surface area contributed by atoms with Crippen molar-refractivity contribution >= 4 is 22.7 Å². The Balaban J connectivity index is 2.17. The Morgan fingerprint density at radius 1 is 1.12 bits per heavy atom. The number of aryl methyl sites for hydroxylation is 1. The molecule has 1 heterocycles. The molecule has 3 heteroatoms. The average Bonchev–Trinajstić information content (AvgIpc) is 2.61. The third kappa shape index (κ3) is 2.29. The lowest BCUT2D eigenvalue weighted by molar-refractivity contribution is -0.657. The van der Waals surface area contributed by atoms with Crippen molar-refractivity contribution in [1.29, 1.82) is 0 Å². The fourth-order valence-electron chi connectivity index (χ4n) is 3.75. The first kappa shape index (κ1) is 14.9. The minimum absolute atomic E-state index is 0.0662. The highest BCUT2D eigenvalue weighted by Gasteiger charge is 2.28. The van der Waals surface area contributed by atoms with E-state index in [1.807, 2.05) is 6.07 Å². The topological polar surface area (TPSA) is 55.9 Å². The van der Waals surface area contributed by atoms with E-state index >= 15 is 0 Å². The molecule has 1 aliphatic rings. The van der Waals surface area contributed by atoms with E-state index < -0.39 is 0 Å². The first-order chi connectivity index (χ1) is 11.7. The number of nitrogens with zero attached hydrogens (tertiary/aromatic N) is 1. The van der Waals surface area contributed by atoms with E-state index in [9.17, 15) is 0 Å². The molecule has 0 aliphatic heterocycles. The standard InChI is InChI=1S/C21H21N3/c1-2-24-20-13-16(23)9-11-18(20)17-10-8-15(22)12-19(17)21(24)14-6-4-3-5-7-14/h3-11,13,15,23H,2,12,22H2,1H3/p+1. The summed E-state index contributed by atoms with van der Waals surface area (Å²) < 4.78 is 2.37. The molecule has 1 unspecified atom stereocenters. The van der Waals surface area contributed by atoms with Crippen molar-refractivity contribution in [3.8, 4) is 11.3 Å². The Kier molecular flexibility index (Phi) is 3.58. The van der Waals surface area contributed by atoms with Crippen LogP contribution in [0.1, 0.15) is 18.1 Å². The monoisotopic (exact) mass is 316 g/mol. The van der Waals surface area contributed by atoms with Gasteiger partial charge in [-0.2, -0.15) is 4.57 Å². The second-order valence-electron chi connectivity index (χ2n) is 6.35. The Bertz CT molecular complexity index is 942. The van der Waals surface area contributed by atoms with Gasteiger partial charge in [-0.05, 0) is 43.2 Å². The van der Waals surface area contributed by atoms with Crippen LogP contribution >= 0.6 is 0 Å². The number of fused-ring (bicyclic) bond motifs is 3. The zero-order valence-electron chi connectivity index (χ0n) is 13.9. The van der Waals surface area contributed by atoms with Crippen LogP contribution in [0.25, 0.3) is 28.2 Å². The molecule has 2 aromatic carbocycles. The minimum Gasteiger partial charge on any atom is -0.399 e. The molecule has 120 valence electrons. The van der Waals surface area contributed by atoms with Crippen LogP contribution in [0.15, 0.2) is 54.6 Å². The Morgan fingerprint density at radius 3 is 2.67 bits per heavy atom. The lowest BCUT2D eigenvalue weighted by Crippen LogP contribution is -2.39. The molecule has 0 bridgehead atoms. The molecular formula is C21H22N3+. The highest BCUT2D eigenvalue weighted by Crippen LogP contribution is 2.33. The summed E-state index contributed by atoms with van der Waals surface area (Å²) in [4.78, 5) is 0. The van der Waals surface area contributed by atoms with Crippen LogP contribution < -0.4 is 16.0 Å². The Morgan fingerprint density at radius 2 is 1.92 bits per heavy atom. The summed E-state index contributed by atoms with van der Waals surface area (Å²) in [6.45, 7) is 3.07. The molecule has 0 spiro atoms. The molecule has 0 saturated heterocycles. The molecular weight excluding hydrogens is 294 g/mol. The molecule has 3 nitrogen and oxygen atoms in total. The van der Waals surface area contributed by atoms with Gasteiger partial charge >= 0.3 is 0 Å². The summed E-state index contributed by atoms with van der Waals surface area (Å²) >= 11 is 0. The van der Waals surface area contributed by atoms with Crippen molar-refractivity contribution in [3.05, 3.63) is 65.7 Å². The lowest BCUT2D eigenvalue weighted by atomic mass is 9.88. The number of anilines is 1. The maximum Gasteiger partial charge on any atom is 0.216 e. The first-order valence-electron chi connectivity index (χ1n) is 8.46. The van der Waals surface area contributed by atoms with Gasteiger partial charge in [0.1, 0.15) is 6.54 Å². The zero-order chi connectivity index (χ0) is 16.7. The van der Waals surface area contributed by atoms with Crippen LogP contribution in [0.4, 0.5) is 5.69 Å². The van der Waals surface area contributed by atoms with E-state index in [1.165, 1.54) is 33.3 Å². The van der Waals surface area contributed by atoms with Crippen molar-refractivity contribution in [2.75, 3.05) is 5.73 Å². The number of nitrogens with two attached hydrogens (primary N) is 2. The predicted octanol–water partition coefficient (Wildman–Crippen LogP) is 3.29. The molecule has 1 aliphatic carbocycles. The fourth-order valence-corrected chi connectivity index (χ4v) is 3.75. The van der Waals surface area contributed by atoms with E-state index in [1.54, 1.807) is 0 Å². The number of nitrogen functional groups attached to an aromatic ring is 1. The maximum atomic E-state index is 6.24. The van der Waals surface area contributed by atoms with E-state index in [-0.39, 0.29) is 6.04 Å². The number of hydrogen-bond donors (Lipinski definition) is 2. The Labute approximate surface area is 142 Å². The van der Waals surface area contributed by atoms with Crippen LogP contribution in [0.2, 0.25) is 0 Å². The van der Waals surface area contributed by atoms with Gasteiger partial charge in [0.25, 0.3) is 0 Å². The number of pyridine rings is 1. The molecule has 4 rings (SSSR count). The van der Waals surface area contributed by atoms with Crippen LogP contribution in [0.5, 0.6) is 0 Å². The molecule has 3 aromatic rings. The first-order valence-corrected chi connectivity index (χ1v) is 8.46. The molecule has 0 radical (unpaired) electrons. The van der Waals surface area contributed by atoms with Crippen molar-refractivity contribution in [1.82, 2.24) is 0 Å². The fraction of sp³-hybridized carbons (Fsp3) is 0.190. The number of benzene rings is 2. The minimum atomic E-state index is 0.0662. The van der Waals surface area contributed by atoms with Gasteiger partial charge in [-0.15, -0.1) is 0 Å². The van der Waals surface area contributed by atoms with E-state index in [0.29, 0.717) is 0 Å². The molecule has 1 atom stereocenters. The molecule has 0 saturated carbocycles. The predicted molar refractivity (Wildman–Crippen MR) is 100 cm³/mol. The van der Waals surface area contributed by atoms with Crippen LogP contribution in [-0.2, 0) is 13.0 Å². The maximum absolute atomic E-state index is 6.24.